The van der Waals surface area contributed by atoms with Crippen LogP contribution in [0.1, 0.15) is 27.0 Å². The summed E-state index contributed by atoms with van der Waals surface area (Å²) in [7, 11) is 0. The molecule has 0 spiro atoms. The molecule has 0 saturated heterocycles. The second-order valence-corrected chi connectivity index (χ2v) is 6.40. The second-order valence-electron chi connectivity index (χ2n) is 6.40. The molecular formula is C20H13F4N3O. The SMILES string of the molecule is Cc1cc(F)c2nc(-c3cc(C(=O)c4ccccc4C(F)(F)F)c[nH]3)[nH]c2c1. The van der Waals surface area contributed by atoms with E-state index < -0.39 is 28.9 Å². The summed E-state index contributed by atoms with van der Waals surface area (Å²) in [5.41, 5.74) is 0.315. The van der Waals surface area contributed by atoms with Crippen molar-refractivity contribution in [2.45, 2.75) is 13.1 Å². The van der Waals surface area contributed by atoms with Gasteiger partial charge in [-0.25, -0.2) is 9.37 Å². The van der Waals surface area contributed by atoms with Crippen LogP contribution in [0.15, 0.2) is 48.7 Å². The van der Waals surface area contributed by atoms with Crippen LogP contribution >= 0.6 is 0 Å². The zero-order chi connectivity index (χ0) is 20.1. The normalized spacial score (nSPS) is 11.9. The molecule has 4 rings (SSSR count). The number of hydrogen-bond acceptors (Lipinski definition) is 2. The minimum Gasteiger partial charge on any atom is -0.358 e. The van der Waals surface area contributed by atoms with E-state index in [0.717, 1.165) is 12.1 Å². The number of nitrogens with one attached hydrogen (secondary N) is 2. The highest BCUT2D eigenvalue weighted by atomic mass is 19.4. The van der Waals surface area contributed by atoms with E-state index >= 15 is 0 Å². The van der Waals surface area contributed by atoms with Gasteiger partial charge in [-0.1, -0.05) is 18.2 Å². The number of fused-ring (bicyclic) bond motifs is 1. The van der Waals surface area contributed by atoms with Crippen LogP contribution in [0.5, 0.6) is 0 Å². The zero-order valence-corrected chi connectivity index (χ0v) is 14.5. The van der Waals surface area contributed by atoms with Crippen molar-refractivity contribution < 1.29 is 22.4 Å². The number of carbonyl (C=O) groups excluding carboxylic acids is 1. The van der Waals surface area contributed by atoms with Crippen molar-refractivity contribution in [2.75, 3.05) is 0 Å². The minimum absolute atomic E-state index is 0.0452. The highest BCUT2D eigenvalue weighted by molar-refractivity contribution is 6.10. The lowest BCUT2D eigenvalue weighted by atomic mass is 9.99. The Morgan fingerprint density at radius 2 is 1.86 bits per heavy atom. The van der Waals surface area contributed by atoms with Crippen molar-refractivity contribution in [3.8, 4) is 11.5 Å². The molecule has 0 bridgehead atoms. The molecule has 4 nitrogen and oxygen atoms in total. The third-order valence-corrected chi connectivity index (χ3v) is 4.36. The van der Waals surface area contributed by atoms with Gasteiger partial charge in [0.2, 0.25) is 0 Å². The van der Waals surface area contributed by atoms with E-state index in [9.17, 15) is 22.4 Å². The summed E-state index contributed by atoms with van der Waals surface area (Å²) >= 11 is 0. The van der Waals surface area contributed by atoms with Crippen LogP contribution < -0.4 is 0 Å². The van der Waals surface area contributed by atoms with Crippen LogP contribution in [0.2, 0.25) is 0 Å². The monoisotopic (exact) mass is 387 g/mol. The van der Waals surface area contributed by atoms with E-state index in [1.807, 2.05) is 0 Å². The fourth-order valence-electron chi connectivity index (χ4n) is 3.08. The number of aromatic amines is 2. The largest absolute Gasteiger partial charge is 0.417 e. The summed E-state index contributed by atoms with van der Waals surface area (Å²) in [6.45, 7) is 1.74. The van der Waals surface area contributed by atoms with Gasteiger partial charge in [-0.15, -0.1) is 0 Å². The Kier molecular flexibility index (Phi) is 4.06. The molecule has 0 aliphatic heterocycles. The Morgan fingerprint density at radius 1 is 1.11 bits per heavy atom. The van der Waals surface area contributed by atoms with Crippen molar-refractivity contribution in [1.82, 2.24) is 15.0 Å². The lowest BCUT2D eigenvalue weighted by Crippen LogP contribution is -2.13. The van der Waals surface area contributed by atoms with Crippen LogP contribution in [0.3, 0.4) is 0 Å². The molecule has 0 amide bonds. The standard InChI is InChI=1S/C20H13F4N3O/c1-10-6-14(21)17-15(7-10)26-19(27-17)16-8-11(9-25-16)18(28)12-4-2-3-5-13(12)20(22,23)24/h2-9,25H,1H3,(H,26,27). The van der Waals surface area contributed by atoms with Crippen molar-refractivity contribution >= 4 is 16.8 Å². The van der Waals surface area contributed by atoms with Gasteiger partial charge >= 0.3 is 6.18 Å². The maximum Gasteiger partial charge on any atom is 0.417 e. The van der Waals surface area contributed by atoms with Crippen molar-refractivity contribution in [3.05, 3.63) is 76.7 Å². The number of aromatic nitrogens is 3. The van der Waals surface area contributed by atoms with Gasteiger partial charge < -0.3 is 9.97 Å². The number of hydrogen-bond donors (Lipinski definition) is 2. The van der Waals surface area contributed by atoms with Crippen LogP contribution in [0.4, 0.5) is 17.6 Å². The molecule has 2 heterocycles. The number of rotatable bonds is 3. The molecule has 28 heavy (non-hydrogen) atoms. The van der Waals surface area contributed by atoms with Gasteiger partial charge in [-0.3, -0.25) is 4.79 Å². The summed E-state index contributed by atoms with van der Waals surface area (Å²) in [5, 5.41) is 0. The highest BCUT2D eigenvalue weighted by Crippen LogP contribution is 2.33. The Labute approximate surface area is 156 Å². The van der Waals surface area contributed by atoms with Crippen molar-refractivity contribution in [1.29, 1.82) is 0 Å². The number of aryl methyl sites for hydroxylation is 1. The highest BCUT2D eigenvalue weighted by Gasteiger charge is 2.35. The average Bonchev–Trinajstić information content (AvgIpc) is 3.27. The Morgan fingerprint density at radius 3 is 2.61 bits per heavy atom. The summed E-state index contributed by atoms with van der Waals surface area (Å²) in [5.74, 6) is -0.976. The first-order chi connectivity index (χ1) is 13.2. The molecule has 0 aliphatic carbocycles. The second kappa shape index (κ2) is 6.33. The third kappa shape index (κ3) is 3.06. The summed E-state index contributed by atoms with van der Waals surface area (Å²) in [6, 6.07) is 9.07. The predicted octanol–water partition coefficient (Wildman–Crippen LogP) is 5.26. The van der Waals surface area contributed by atoms with Crippen molar-refractivity contribution in [3.63, 3.8) is 0 Å². The number of halogens is 4. The van der Waals surface area contributed by atoms with Gasteiger partial charge in [0.1, 0.15) is 5.52 Å². The van der Waals surface area contributed by atoms with Gasteiger partial charge in [0.25, 0.3) is 0 Å². The van der Waals surface area contributed by atoms with E-state index in [0.29, 0.717) is 16.8 Å². The Bertz CT molecular complexity index is 1200. The third-order valence-electron chi connectivity index (χ3n) is 4.36. The lowest BCUT2D eigenvalue weighted by molar-refractivity contribution is -0.137. The number of carbonyl (C=O) groups is 1. The molecular weight excluding hydrogens is 374 g/mol. The number of alkyl halides is 3. The molecule has 0 aliphatic rings. The minimum atomic E-state index is -4.64. The van der Waals surface area contributed by atoms with Gasteiger partial charge in [0.15, 0.2) is 17.4 Å². The predicted molar refractivity (Wildman–Crippen MR) is 95.5 cm³/mol. The molecule has 8 heteroatoms. The number of ketones is 1. The van der Waals surface area contributed by atoms with E-state index in [2.05, 4.69) is 15.0 Å². The molecule has 142 valence electrons. The number of H-pyrrole nitrogens is 2. The van der Waals surface area contributed by atoms with Crippen LogP contribution in [-0.4, -0.2) is 20.7 Å². The first kappa shape index (κ1) is 18.0. The maximum absolute atomic E-state index is 14.0. The number of nitrogens with zero attached hydrogens (tertiary/aromatic N) is 1. The molecule has 0 fully saturated rings. The smallest absolute Gasteiger partial charge is 0.358 e. The number of benzene rings is 2. The van der Waals surface area contributed by atoms with Crippen LogP contribution in [0, 0.1) is 12.7 Å². The van der Waals surface area contributed by atoms with Gasteiger partial charge in [-0.2, -0.15) is 13.2 Å². The first-order valence-corrected chi connectivity index (χ1v) is 8.29. The lowest BCUT2D eigenvalue weighted by Gasteiger charge is -2.10. The van der Waals surface area contributed by atoms with Crippen LogP contribution in [0.25, 0.3) is 22.6 Å². The zero-order valence-electron chi connectivity index (χ0n) is 14.5. The molecule has 2 aromatic heterocycles. The van der Waals surface area contributed by atoms with E-state index in [4.69, 9.17) is 0 Å². The Balaban J connectivity index is 1.73. The van der Waals surface area contributed by atoms with Gasteiger partial charge in [-0.05, 0) is 36.8 Å². The van der Waals surface area contributed by atoms with E-state index in [-0.39, 0.29) is 16.9 Å². The Hall–Kier alpha value is -3.42. The fraction of sp³-hybridized carbons (Fsp3) is 0.100. The summed E-state index contributed by atoms with van der Waals surface area (Å²) < 4.78 is 53.6. The molecule has 0 unspecified atom stereocenters. The molecule has 0 radical (unpaired) electrons. The van der Waals surface area contributed by atoms with Crippen molar-refractivity contribution in [2.24, 2.45) is 0 Å². The van der Waals surface area contributed by atoms with Gasteiger partial charge in [0.05, 0.1) is 16.8 Å². The molecule has 2 N–H and O–H groups in total. The molecule has 0 saturated carbocycles. The topological polar surface area (TPSA) is 61.5 Å². The average molecular weight is 387 g/mol. The van der Waals surface area contributed by atoms with E-state index in [1.165, 1.54) is 30.5 Å². The summed E-state index contributed by atoms with van der Waals surface area (Å²) in [6.07, 6.45) is -3.33. The summed E-state index contributed by atoms with van der Waals surface area (Å²) in [4.78, 5) is 22.5. The fourth-order valence-corrected chi connectivity index (χ4v) is 3.08. The molecule has 2 aromatic carbocycles. The first-order valence-electron chi connectivity index (χ1n) is 8.29. The van der Waals surface area contributed by atoms with Crippen LogP contribution in [-0.2, 0) is 6.18 Å². The van der Waals surface area contributed by atoms with Gasteiger partial charge in [0, 0.05) is 17.3 Å². The van der Waals surface area contributed by atoms with E-state index in [1.54, 1.807) is 13.0 Å². The maximum atomic E-state index is 14.0. The number of imidazole rings is 1. The molecule has 0 atom stereocenters. The molecule has 4 aromatic rings. The quantitative estimate of drug-likeness (QED) is 0.372.